The monoisotopic (exact) mass is 201 g/mol. The summed E-state index contributed by atoms with van der Waals surface area (Å²) >= 11 is 0. The summed E-state index contributed by atoms with van der Waals surface area (Å²) in [5, 5.41) is 9.28. The maximum atomic E-state index is 11.8. The third-order valence-electron chi connectivity index (χ3n) is 2.57. The van der Waals surface area contributed by atoms with Crippen molar-refractivity contribution in [3.8, 4) is 0 Å². The van der Waals surface area contributed by atoms with E-state index in [1.807, 2.05) is 0 Å². The molecule has 2 atom stereocenters. The van der Waals surface area contributed by atoms with E-state index < -0.39 is 6.10 Å². The van der Waals surface area contributed by atoms with Gasteiger partial charge in [-0.15, -0.1) is 0 Å². The molecule has 0 saturated carbocycles. The lowest BCUT2D eigenvalue weighted by atomic mass is 10.3. The molecule has 14 heavy (non-hydrogen) atoms. The number of carbonyl (C=O) groups excluding carboxylic acids is 1. The molecular formula is C9H15NO4. The lowest BCUT2D eigenvalue weighted by Gasteiger charge is -2.26. The largest absolute Gasteiger partial charge is 0.391 e. The second-order valence-corrected chi connectivity index (χ2v) is 3.66. The van der Waals surface area contributed by atoms with Crippen LogP contribution in [0.3, 0.4) is 0 Å². The predicted molar refractivity (Wildman–Crippen MR) is 47.8 cm³/mol. The minimum atomic E-state index is -0.464. The molecule has 2 aliphatic rings. The quantitative estimate of drug-likeness (QED) is 0.591. The van der Waals surface area contributed by atoms with Crippen LogP contribution in [0, 0.1) is 0 Å². The van der Waals surface area contributed by atoms with Crippen molar-refractivity contribution in [2.45, 2.75) is 18.6 Å². The summed E-state index contributed by atoms with van der Waals surface area (Å²) < 4.78 is 10.4. The summed E-state index contributed by atoms with van der Waals surface area (Å²) in [4.78, 5) is 13.4. The number of rotatable bonds is 1. The molecule has 0 aromatic rings. The first kappa shape index (κ1) is 9.89. The Labute approximate surface area is 82.6 Å². The van der Waals surface area contributed by atoms with Crippen LogP contribution < -0.4 is 0 Å². The fraction of sp³-hybridized carbons (Fsp3) is 0.889. The number of β-amino-alcohol motifs (C(OH)–C–C–N with tert-alkyl or cyclic N) is 1. The molecule has 1 amide bonds. The molecule has 80 valence electrons. The van der Waals surface area contributed by atoms with Crippen LogP contribution in [-0.2, 0) is 14.3 Å². The van der Waals surface area contributed by atoms with Gasteiger partial charge in [-0.3, -0.25) is 4.79 Å². The molecule has 0 bridgehead atoms. The second kappa shape index (κ2) is 4.25. The van der Waals surface area contributed by atoms with Gasteiger partial charge in [-0.25, -0.2) is 0 Å². The maximum absolute atomic E-state index is 11.8. The van der Waals surface area contributed by atoms with Gasteiger partial charge in [-0.1, -0.05) is 0 Å². The van der Waals surface area contributed by atoms with E-state index in [1.165, 1.54) is 0 Å². The molecule has 2 rings (SSSR count). The molecule has 5 heteroatoms. The minimum Gasteiger partial charge on any atom is -0.391 e. The Bertz CT molecular complexity index is 208. The van der Waals surface area contributed by atoms with Gasteiger partial charge in [0, 0.05) is 13.1 Å². The number of aliphatic hydroxyl groups excluding tert-OH is 1. The molecule has 0 aromatic carbocycles. The van der Waals surface area contributed by atoms with Crippen molar-refractivity contribution in [1.29, 1.82) is 0 Å². The number of carbonyl (C=O) groups is 1. The molecule has 2 aliphatic heterocycles. The van der Waals surface area contributed by atoms with Gasteiger partial charge >= 0.3 is 0 Å². The smallest absolute Gasteiger partial charge is 0.254 e. The topological polar surface area (TPSA) is 59.0 Å². The summed E-state index contributed by atoms with van der Waals surface area (Å²) in [6, 6.07) is 0. The average Bonchev–Trinajstić information content (AvgIpc) is 2.65. The summed E-state index contributed by atoms with van der Waals surface area (Å²) in [5.74, 6) is -0.0544. The van der Waals surface area contributed by atoms with Gasteiger partial charge in [-0.2, -0.15) is 0 Å². The van der Waals surface area contributed by atoms with Crippen LogP contribution in [0.25, 0.3) is 0 Å². The van der Waals surface area contributed by atoms with Crippen LogP contribution in [0.5, 0.6) is 0 Å². The summed E-state index contributed by atoms with van der Waals surface area (Å²) in [6.07, 6.45) is -0.170. The Hall–Kier alpha value is -0.650. The Morgan fingerprint density at radius 1 is 1.43 bits per heavy atom. The van der Waals surface area contributed by atoms with Gasteiger partial charge in [0.25, 0.3) is 5.91 Å². The number of amides is 1. The van der Waals surface area contributed by atoms with Crippen LogP contribution in [0.2, 0.25) is 0 Å². The molecule has 2 fully saturated rings. The number of hydrogen-bond acceptors (Lipinski definition) is 4. The maximum Gasteiger partial charge on any atom is 0.254 e. The van der Waals surface area contributed by atoms with Crippen molar-refractivity contribution in [2.24, 2.45) is 0 Å². The number of nitrogens with zero attached hydrogens (tertiary/aromatic N) is 1. The lowest BCUT2D eigenvalue weighted by molar-refractivity contribution is -0.157. The number of ether oxygens (including phenoxy) is 2. The zero-order chi connectivity index (χ0) is 9.97. The number of aliphatic hydroxyl groups is 1. The average molecular weight is 201 g/mol. The van der Waals surface area contributed by atoms with Gasteiger partial charge < -0.3 is 19.5 Å². The molecule has 0 aliphatic carbocycles. The summed E-state index contributed by atoms with van der Waals surface area (Å²) in [6.45, 7) is 2.43. The molecule has 2 heterocycles. The molecule has 1 unspecified atom stereocenters. The van der Waals surface area contributed by atoms with E-state index in [1.54, 1.807) is 4.90 Å². The number of likely N-dealkylation sites (tertiary alicyclic amines) is 1. The second-order valence-electron chi connectivity index (χ2n) is 3.66. The highest BCUT2D eigenvalue weighted by molar-refractivity contribution is 5.81. The Morgan fingerprint density at radius 3 is 2.86 bits per heavy atom. The molecule has 0 spiro atoms. The molecule has 2 saturated heterocycles. The van der Waals surface area contributed by atoms with Crippen molar-refractivity contribution in [1.82, 2.24) is 4.90 Å². The van der Waals surface area contributed by atoms with E-state index in [9.17, 15) is 9.90 Å². The van der Waals surface area contributed by atoms with Gasteiger partial charge in [0.2, 0.25) is 0 Å². The standard InChI is InChI=1S/C9H15NO4/c11-7-1-2-10(5-7)9(12)8-6-13-3-4-14-8/h7-8,11H,1-6H2/t7-,8?/m0/s1. The Balaban J connectivity index is 1.87. The summed E-state index contributed by atoms with van der Waals surface area (Å²) in [5.41, 5.74) is 0. The first-order valence-electron chi connectivity index (χ1n) is 4.93. The van der Waals surface area contributed by atoms with Crippen LogP contribution in [0.4, 0.5) is 0 Å². The summed E-state index contributed by atoms with van der Waals surface area (Å²) in [7, 11) is 0. The van der Waals surface area contributed by atoms with Crippen LogP contribution >= 0.6 is 0 Å². The first-order chi connectivity index (χ1) is 6.77. The van der Waals surface area contributed by atoms with Gasteiger partial charge in [0.05, 0.1) is 25.9 Å². The molecule has 0 aromatic heterocycles. The molecule has 5 nitrogen and oxygen atoms in total. The third-order valence-corrected chi connectivity index (χ3v) is 2.57. The fourth-order valence-corrected chi connectivity index (χ4v) is 1.78. The van der Waals surface area contributed by atoms with Crippen molar-refractivity contribution in [3.05, 3.63) is 0 Å². The van der Waals surface area contributed by atoms with E-state index in [0.29, 0.717) is 39.3 Å². The van der Waals surface area contributed by atoms with Gasteiger partial charge in [0.1, 0.15) is 0 Å². The first-order valence-corrected chi connectivity index (χ1v) is 4.93. The van der Waals surface area contributed by atoms with Gasteiger partial charge in [0.15, 0.2) is 6.10 Å². The van der Waals surface area contributed by atoms with E-state index in [-0.39, 0.29) is 12.0 Å². The van der Waals surface area contributed by atoms with Crippen molar-refractivity contribution in [3.63, 3.8) is 0 Å². The normalized spacial score (nSPS) is 33.4. The SMILES string of the molecule is O=C(C1COCCO1)N1CC[C@H](O)C1. The Kier molecular flexibility index (Phi) is 3.00. The van der Waals surface area contributed by atoms with Crippen LogP contribution in [0.1, 0.15) is 6.42 Å². The zero-order valence-corrected chi connectivity index (χ0v) is 8.02. The highest BCUT2D eigenvalue weighted by Gasteiger charge is 2.31. The highest BCUT2D eigenvalue weighted by atomic mass is 16.6. The third kappa shape index (κ3) is 2.05. The van der Waals surface area contributed by atoms with Crippen molar-refractivity contribution >= 4 is 5.91 Å². The molecule has 1 N–H and O–H groups in total. The van der Waals surface area contributed by atoms with Gasteiger partial charge in [-0.05, 0) is 6.42 Å². The van der Waals surface area contributed by atoms with E-state index >= 15 is 0 Å². The highest BCUT2D eigenvalue weighted by Crippen LogP contribution is 2.13. The zero-order valence-electron chi connectivity index (χ0n) is 8.02. The van der Waals surface area contributed by atoms with E-state index in [2.05, 4.69) is 0 Å². The van der Waals surface area contributed by atoms with E-state index in [4.69, 9.17) is 9.47 Å². The predicted octanol–water partition coefficient (Wildman–Crippen LogP) is -1.01. The number of hydrogen-bond donors (Lipinski definition) is 1. The van der Waals surface area contributed by atoms with Crippen molar-refractivity contribution < 1.29 is 19.4 Å². The van der Waals surface area contributed by atoms with Crippen LogP contribution in [-0.4, -0.2) is 61.0 Å². The molecular weight excluding hydrogens is 186 g/mol. The molecule has 0 radical (unpaired) electrons. The fourth-order valence-electron chi connectivity index (χ4n) is 1.78. The lowest BCUT2D eigenvalue weighted by Crippen LogP contribution is -2.44. The minimum absolute atomic E-state index is 0.0544. The van der Waals surface area contributed by atoms with Crippen LogP contribution in [0.15, 0.2) is 0 Å². The Morgan fingerprint density at radius 2 is 2.29 bits per heavy atom. The van der Waals surface area contributed by atoms with E-state index in [0.717, 1.165) is 0 Å². The van der Waals surface area contributed by atoms with Crippen molar-refractivity contribution in [2.75, 3.05) is 32.9 Å².